The number of carbonyl (C=O) groups excluding carboxylic acids is 2. The molecule has 2 aromatic rings. The monoisotopic (exact) mass is 389 g/mol. The first-order valence-corrected chi connectivity index (χ1v) is 10.5. The number of carbonyl (C=O) groups is 2. The van der Waals surface area contributed by atoms with Crippen LogP contribution in [-0.4, -0.2) is 44.7 Å². The molecule has 26 heavy (non-hydrogen) atoms. The number of aromatic nitrogens is 2. The van der Waals surface area contributed by atoms with Gasteiger partial charge >= 0.3 is 0 Å². The lowest BCUT2D eigenvalue weighted by Gasteiger charge is -2.13. The molecule has 0 saturated heterocycles. The van der Waals surface area contributed by atoms with Crippen molar-refractivity contribution in [2.45, 2.75) is 24.3 Å². The van der Waals surface area contributed by atoms with E-state index < -0.39 is 0 Å². The van der Waals surface area contributed by atoms with Crippen molar-refractivity contribution in [3.05, 3.63) is 57.5 Å². The molecular formula is C18H19N3O3S2. The summed E-state index contributed by atoms with van der Waals surface area (Å²) in [6.07, 6.45) is 0.633. The summed E-state index contributed by atoms with van der Waals surface area (Å²) in [7, 11) is 0. The van der Waals surface area contributed by atoms with Gasteiger partial charge in [-0.3, -0.25) is 19.3 Å². The van der Waals surface area contributed by atoms with Crippen LogP contribution in [-0.2, 0) is 5.75 Å². The quantitative estimate of drug-likeness (QED) is 0.323. The summed E-state index contributed by atoms with van der Waals surface area (Å²) in [6.45, 7) is 2.42. The van der Waals surface area contributed by atoms with Crippen molar-refractivity contribution >= 4 is 35.3 Å². The topological polar surface area (TPSA) is 83.1 Å². The van der Waals surface area contributed by atoms with Gasteiger partial charge in [0, 0.05) is 24.1 Å². The second-order valence-corrected chi connectivity index (χ2v) is 8.05. The molecule has 1 aromatic heterocycles. The van der Waals surface area contributed by atoms with E-state index in [0.717, 1.165) is 11.4 Å². The normalized spacial score (nSPS) is 13.3. The number of thioether (sulfide) groups is 2. The molecule has 0 spiro atoms. The van der Waals surface area contributed by atoms with Crippen LogP contribution in [0.25, 0.3) is 0 Å². The molecule has 2 amide bonds. The minimum Gasteiger partial charge on any atom is -0.301 e. The van der Waals surface area contributed by atoms with E-state index in [1.165, 1.54) is 22.7 Å². The molecule has 0 fully saturated rings. The van der Waals surface area contributed by atoms with Crippen LogP contribution >= 0.6 is 23.5 Å². The molecule has 8 heteroatoms. The summed E-state index contributed by atoms with van der Waals surface area (Å²) in [6, 6.07) is 8.40. The first kappa shape index (κ1) is 18.7. The van der Waals surface area contributed by atoms with Crippen molar-refractivity contribution in [2.75, 3.05) is 18.1 Å². The first-order valence-electron chi connectivity index (χ1n) is 8.36. The summed E-state index contributed by atoms with van der Waals surface area (Å²) < 4.78 is 0. The third-order valence-electron chi connectivity index (χ3n) is 3.87. The number of aromatic amines is 1. The average molecular weight is 390 g/mol. The average Bonchev–Trinajstić information content (AvgIpc) is 2.88. The summed E-state index contributed by atoms with van der Waals surface area (Å²) in [5.74, 6) is 1.86. The number of nitrogens with zero attached hydrogens (tertiary/aromatic N) is 2. The zero-order valence-electron chi connectivity index (χ0n) is 14.4. The Labute approximate surface area is 159 Å². The zero-order chi connectivity index (χ0) is 18.5. The molecule has 1 aliphatic heterocycles. The molecule has 0 atom stereocenters. The number of amides is 2. The second-order valence-electron chi connectivity index (χ2n) is 5.69. The lowest BCUT2D eigenvalue weighted by Crippen LogP contribution is -2.31. The fourth-order valence-corrected chi connectivity index (χ4v) is 4.05. The predicted molar refractivity (Wildman–Crippen MR) is 104 cm³/mol. The van der Waals surface area contributed by atoms with Gasteiger partial charge in [0.05, 0.1) is 16.8 Å². The predicted octanol–water partition coefficient (Wildman–Crippen LogP) is 2.80. The molecule has 0 unspecified atom stereocenters. The lowest BCUT2D eigenvalue weighted by atomic mass is 10.1. The minimum absolute atomic E-state index is 0.158. The van der Waals surface area contributed by atoms with E-state index in [2.05, 4.69) is 16.9 Å². The Morgan fingerprint density at radius 2 is 1.81 bits per heavy atom. The Balaban J connectivity index is 1.54. The van der Waals surface area contributed by atoms with Crippen molar-refractivity contribution in [2.24, 2.45) is 0 Å². The van der Waals surface area contributed by atoms with Crippen LogP contribution in [0, 0.1) is 0 Å². The molecule has 0 aliphatic carbocycles. The molecule has 3 rings (SSSR count). The van der Waals surface area contributed by atoms with E-state index >= 15 is 0 Å². The van der Waals surface area contributed by atoms with Crippen LogP contribution in [0.3, 0.4) is 0 Å². The summed E-state index contributed by atoms with van der Waals surface area (Å²) in [4.78, 5) is 44.8. The van der Waals surface area contributed by atoms with Crippen molar-refractivity contribution in [3.63, 3.8) is 0 Å². The van der Waals surface area contributed by atoms with Crippen LogP contribution in [0.5, 0.6) is 0 Å². The third kappa shape index (κ3) is 4.19. The summed E-state index contributed by atoms with van der Waals surface area (Å²) in [5, 5.41) is 0.576. The van der Waals surface area contributed by atoms with Crippen LogP contribution in [0.15, 0.2) is 40.3 Å². The SMILES string of the molecule is CCSCc1cc(=O)[nH]c(SCCCN2C(=O)c3ccccc3C2=O)n1. The van der Waals surface area contributed by atoms with Gasteiger partial charge in [0.15, 0.2) is 5.16 Å². The Bertz CT molecular complexity index is 847. The van der Waals surface area contributed by atoms with Gasteiger partial charge in [0.25, 0.3) is 17.4 Å². The Hall–Kier alpha value is -2.06. The molecule has 136 valence electrons. The van der Waals surface area contributed by atoms with E-state index in [-0.39, 0.29) is 17.4 Å². The Morgan fingerprint density at radius 1 is 1.12 bits per heavy atom. The molecule has 1 aliphatic rings. The lowest BCUT2D eigenvalue weighted by molar-refractivity contribution is 0.0655. The molecule has 0 radical (unpaired) electrons. The van der Waals surface area contributed by atoms with E-state index in [4.69, 9.17) is 0 Å². The largest absolute Gasteiger partial charge is 0.301 e. The van der Waals surface area contributed by atoms with Gasteiger partial charge in [-0.1, -0.05) is 30.8 Å². The highest BCUT2D eigenvalue weighted by atomic mass is 32.2. The van der Waals surface area contributed by atoms with E-state index in [9.17, 15) is 14.4 Å². The van der Waals surface area contributed by atoms with Crippen molar-refractivity contribution < 1.29 is 9.59 Å². The molecule has 6 nitrogen and oxygen atoms in total. The van der Waals surface area contributed by atoms with Crippen LogP contribution in [0.1, 0.15) is 39.8 Å². The number of nitrogens with one attached hydrogen (secondary N) is 1. The highest BCUT2D eigenvalue weighted by Gasteiger charge is 2.34. The van der Waals surface area contributed by atoms with Gasteiger partial charge < -0.3 is 4.98 Å². The van der Waals surface area contributed by atoms with E-state index in [1.807, 2.05) is 0 Å². The molecule has 0 bridgehead atoms. The molecule has 0 saturated carbocycles. The van der Waals surface area contributed by atoms with E-state index in [0.29, 0.717) is 40.8 Å². The minimum atomic E-state index is -0.235. The number of rotatable bonds is 8. The number of imide groups is 1. The fourth-order valence-electron chi connectivity index (χ4n) is 2.67. The van der Waals surface area contributed by atoms with Crippen LogP contribution < -0.4 is 5.56 Å². The van der Waals surface area contributed by atoms with Crippen molar-refractivity contribution in [1.82, 2.24) is 14.9 Å². The standard InChI is InChI=1S/C18H19N3O3S2/c1-2-25-11-12-10-15(22)20-18(19-12)26-9-5-8-21-16(23)13-6-3-4-7-14(13)17(21)24/h3-4,6-7,10H,2,5,8-9,11H2,1H3,(H,19,20,22). The van der Waals surface area contributed by atoms with E-state index in [1.54, 1.807) is 36.0 Å². The van der Waals surface area contributed by atoms with Gasteiger partial charge in [0.2, 0.25) is 0 Å². The van der Waals surface area contributed by atoms with Crippen molar-refractivity contribution in [1.29, 1.82) is 0 Å². The number of hydrogen-bond donors (Lipinski definition) is 1. The van der Waals surface area contributed by atoms with Crippen LogP contribution in [0.2, 0.25) is 0 Å². The number of fused-ring (bicyclic) bond motifs is 1. The summed E-state index contributed by atoms with van der Waals surface area (Å²) >= 11 is 3.14. The van der Waals surface area contributed by atoms with Crippen LogP contribution in [0.4, 0.5) is 0 Å². The van der Waals surface area contributed by atoms with Gasteiger partial charge in [-0.2, -0.15) is 11.8 Å². The Kier molecular flexibility index (Phi) is 6.16. The molecule has 2 heterocycles. The highest BCUT2D eigenvalue weighted by Crippen LogP contribution is 2.23. The van der Waals surface area contributed by atoms with Crippen molar-refractivity contribution in [3.8, 4) is 0 Å². The molecule has 1 aromatic carbocycles. The molecular weight excluding hydrogens is 370 g/mol. The maximum Gasteiger partial charge on any atom is 0.261 e. The van der Waals surface area contributed by atoms with Gasteiger partial charge in [-0.25, -0.2) is 4.98 Å². The highest BCUT2D eigenvalue weighted by molar-refractivity contribution is 7.99. The van der Waals surface area contributed by atoms with Gasteiger partial charge in [-0.15, -0.1) is 0 Å². The fraction of sp³-hybridized carbons (Fsp3) is 0.333. The number of benzene rings is 1. The smallest absolute Gasteiger partial charge is 0.261 e. The summed E-state index contributed by atoms with van der Waals surface area (Å²) in [5.41, 5.74) is 1.55. The molecule has 1 N–H and O–H groups in total. The maximum absolute atomic E-state index is 12.3. The number of hydrogen-bond acceptors (Lipinski definition) is 6. The first-order chi connectivity index (χ1) is 12.6. The van der Waals surface area contributed by atoms with Gasteiger partial charge in [0.1, 0.15) is 0 Å². The number of H-pyrrole nitrogens is 1. The second kappa shape index (κ2) is 8.55. The van der Waals surface area contributed by atoms with Gasteiger partial charge in [-0.05, 0) is 24.3 Å². The Morgan fingerprint density at radius 3 is 2.46 bits per heavy atom. The zero-order valence-corrected chi connectivity index (χ0v) is 16.0. The third-order valence-corrected chi connectivity index (χ3v) is 5.74. The maximum atomic E-state index is 12.3.